The van der Waals surface area contributed by atoms with Gasteiger partial charge in [-0.25, -0.2) is 4.79 Å². The predicted molar refractivity (Wildman–Crippen MR) is 51.5 cm³/mol. The van der Waals surface area contributed by atoms with Crippen molar-refractivity contribution < 1.29 is 29.3 Å². The van der Waals surface area contributed by atoms with Gasteiger partial charge in [-0.3, -0.25) is 4.99 Å². The molecular formula is C10H11NO6-2. The van der Waals surface area contributed by atoms with Gasteiger partial charge in [-0.2, -0.15) is 0 Å². The number of carboxylic acid groups (broad SMARTS) is 1. The van der Waals surface area contributed by atoms with Crippen LogP contribution in [0.1, 0.15) is 12.8 Å². The number of methoxy groups -OCH3 is 2. The van der Waals surface area contributed by atoms with Gasteiger partial charge >= 0.3 is 5.97 Å². The van der Waals surface area contributed by atoms with Crippen LogP contribution in [0.15, 0.2) is 16.5 Å². The van der Waals surface area contributed by atoms with E-state index >= 15 is 0 Å². The highest BCUT2D eigenvalue weighted by atomic mass is 16.6. The van der Waals surface area contributed by atoms with Crippen LogP contribution in [-0.2, 0) is 19.1 Å². The first-order chi connectivity index (χ1) is 8.01. The number of esters is 1. The van der Waals surface area contributed by atoms with Crippen molar-refractivity contribution in [3.8, 4) is 0 Å². The zero-order valence-corrected chi connectivity index (χ0v) is 9.39. The third kappa shape index (κ3) is 2.74. The molecule has 7 nitrogen and oxygen atoms in total. The highest BCUT2D eigenvalue weighted by molar-refractivity contribution is 6.19. The molecule has 0 saturated carbocycles. The number of rotatable bonds is 4. The molecule has 94 valence electrons. The quantitative estimate of drug-likeness (QED) is 0.312. The van der Waals surface area contributed by atoms with E-state index in [1.54, 1.807) is 0 Å². The molecule has 0 N–H and O–H groups in total. The molecule has 1 aliphatic rings. The van der Waals surface area contributed by atoms with E-state index < -0.39 is 29.5 Å². The summed E-state index contributed by atoms with van der Waals surface area (Å²) >= 11 is 0. The van der Waals surface area contributed by atoms with E-state index in [0.29, 0.717) is 6.42 Å². The Morgan fingerprint density at radius 3 is 2.41 bits per heavy atom. The lowest BCUT2D eigenvalue weighted by atomic mass is 10.1. The van der Waals surface area contributed by atoms with Crippen LogP contribution in [0.2, 0.25) is 0 Å². The lowest BCUT2D eigenvalue weighted by Gasteiger charge is -2.17. The molecule has 7 heteroatoms. The van der Waals surface area contributed by atoms with Crippen molar-refractivity contribution in [2.45, 2.75) is 18.9 Å². The van der Waals surface area contributed by atoms with Crippen molar-refractivity contribution in [2.24, 2.45) is 4.99 Å². The zero-order chi connectivity index (χ0) is 13.0. The van der Waals surface area contributed by atoms with Crippen LogP contribution in [0.4, 0.5) is 0 Å². The van der Waals surface area contributed by atoms with Crippen LogP contribution < -0.4 is 10.2 Å². The average molecular weight is 241 g/mol. The molecule has 0 saturated heterocycles. The maximum Gasteiger partial charge on any atom is 0.330 e. The molecule has 0 aromatic rings. The largest absolute Gasteiger partial charge is 0.616 e. The van der Waals surface area contributed by atoms with Gasteiger partial charge in [0, 0.05) is 11.3 Å². The fraction of sp³-hybridized carbons (Fsp3) is 0.500. The second-order valence-corrected chi connectivity index (χ2v) is 3.31. The topological polar surface area (TPSA) is 111 Å². The highest BCUT2D eigenvalue weighted by Crippen LogP contribution is 2.20. The number of hydrogen-bond donors (Lipinski definition) is 0. The minimum Gasteiger partial charge on any atom is -0.616 e. The molecule has 1 heterocycles. The number of ether oxygens (including phenoxy) is 2. The first-order valence-electron chi connectivity index (χ1n) is 4.82. The van der Waals surface area contributed by atoms with Crippen molar-refractivity contribution >= 4 is 17.7 Å². The van der Waals surface area contributed by atoms with E-state index in [2.05, 4.69) is 14.5 Å². The van der Waals surface area contributed by atoms with Gasteiger partial charge in [0.15, 0.2) is 0 Å². The number of carbonyl (C=O) groups is 2. The molecule has 0 amide bonds. The molecule has 0 spiro atoms. The van der Waals surface area contributed by atoms with Gasteiger partial charge < -0.3 is 24.5 Å². The smallest absolute Gasteiger partial charge is 0.330 e. The summed E-state index contributed by atoms with van der Waals surface area (Å²) in [6.07, 6.45) is 0.494. The van der Waals surface area contributed by atoms with Gasteiger partial charge in [-0.1, -0.05) is 0 Å². The van der Waals surface area contributed by atoms with Gasteiger partial charge in [-0.15, -0.1) is 0 Å². The van der Waals surface area contributed by atoms with E-state index in [9.17, 15) is 19.8 Å². The third-order valence-corrected chi connectivity index (χ3v) is 2.32. The first-order valence-corrected chi connectivity index (χ1v) is 4.82. The fourth-order valence-corrected chi connectivity index (χ4v) is 1.51. The molecule has 0 aromatic carbocycles. The maximum atomic E-state index is 11.2. The zero-order valence-electron chi connectivity index (χ0n) is 9.39. The fourth-order valence-electron chi connectivity index (χ4n) is 1.51. The molecule has 0 radical (unpaired) electrons. The number of aliphatic carboxylic acids is 1. The molecule has 0 bridgehead atoms. The van der Waals surface area contributed by atoms with Gasteiger partial charge in [-0.05, 0) is 20.0 Å². The summed E-state index contributed by atoms with van der Waals surface area (Å²) in [5.41, 5.74) is -0.633. The second kappa shape index (κ2) is 5.33. The standard InChI is InChI=1S/C10H13NO6/c1-16-9(14)6-4-3-5(11-6)7(8(12)13)10(15)17-2/h6,15H,3-4H2,1-2H3,(H,12,13)/p-2/b10-7-. The van der Waals surface area contributed by atoms with Gasteiger partial charge in [0.2, 0.25) is 0 Å². The number of carboxylic acids is 1. The lowest BCUT2D eigenvalue weighted by Crippen LogP contribution is -2.32. The minimum atomic E-state index is -1.67. The Bertz CT molecular complexity index is 398. The Hall–Kier alpha value is -2.05. The summed E-state index contributed by atoms with van der Waals surface area (Å²) < 4.78 is 8.79. The molecule has 0 aromatic heterocycles. The molecule has 1 atom stereocenters. The van der Waals surface area contributed by atoms with Crippen molar-refractivity contribution in [1.82, 2.24) is 0 Å². The van der Waals surface area contributed by atoms with Gasteiger partial charge in [0.25, 0.3) is 0 Å². The normalized spacial score (nSPS) is 20.4. The Morgan fingerprint density at radius 2 is 1.94 bits per heavy atom. The SMILES string of the molecule is COC(=O)C1CCC(/C(C(=O)[O-])=C(\[O-])OC)=N1. The van der Waals surface area contributed by atoms with Crippen molar-refractivity contribution in [2.75, 3.05) is 14.2 Å². The highest BCUT2D eigenvalue weighted by Gasteiger charge is 2.27. The Morgan fingerprint density at radius 1 is 1.29 bits per heavy atom. The van der Waals surface area contributed by atoms with E-state index in [4.69, 9.17) is 0 Å². The summed E-state index contributed by atoms with van der Waals surface area (Å²) in [6.45, 7) is 0. The third-order valence-electron chi connectivity index (χ3n) is 2.32. The Balaban J connectivity index is 3.01. The molecule has 0 fully saturated rings. The second-order valence-electron chi connectivity index (χ2n) is 3.31. The van der Waals surface area contributed by atoms with Crippen molar-refractivity contribution in [3.63, 3.8) is 0 Å². The first kappa shape index (κ1) is 13.0. The van der Waals surface area contributed by atoms with Crippen LogP contribution in [0, 0.1) is 0 Å². The average Bonchev–Trinajstić information content (AvgIpc) is 2.76. The summed E-state index contributed by atoms with van der Waals surface area (Å²) in [4.78, 5) is 25.8. The van der Waals surface area contributed by atoms with Crippen LogP contribution in [0.5, 0.6) is 0 Å². The van der Waals surface area contributed by atoms with Crippen molar-refractivity contribution in [1.29, 1.82) is 0 Å². The van der Waals surface area contributed by atoms with Crippen LogP contribution in [0.25, 0.3) is 0 Å². The van der Waals surface area contributed by atoms with Crippen molar-refractivity contribution in [3.05, 3.63) is 11.5 Å². The van der Waals surface area contributed by atoms with E-state index in [-0.39, 0.29) is 12.1 Å². The summed E-state index contributed by atoms with van der Waals surface area (Å²) in [5.74, 6) is -3.27. The van der Waals surface area contributed by atoms with Gasteiger partial charge in [0.1, 0.15) is 6.04 Å². The van der Waals surface area contributed by atoms with E-state index in [1.165, 1.54) is 7.11 Å². The molecule has 17 heavy (non-hydrogen) atoms. The molecule has 1 aliphatic heterocycles. The lowest BCUT2D eigenvalue weighted by molar-refractivity contribution is -0.356. The van der Waals surface area contributed by atoms with Crippen LogP contribution >= 0.6 is 0 Å². The molecule has 1 unspecified atom stereocenters. The monoisotopic (exact) mass is 241 g/mol. The summed E-state index contributed by atoms with van der Waals surface area (Å²) in [5, 5.41) is 22.0. The molecule has 0 aliphatic carbocycles. The number of hydrogen-bond acceptors (Lipinski definition) is 7. The molecular weight excluding hydrogens is 230 g/mol. The van der Waals surface area contributed by atoms with Crippen LogP contribution in [0.3, 0.4) is 0 Å². The molecule has 1 rings (SSSR count). The predicted octanol–water partition coefficient (Wildman–Crippen LogP) is -2.27. The van der Waals surface area contributed by atoms with E-state index in [1.807, 2.05) is 0 Å². The van der Waals surface area contributed by atoms with Gasteiger partial charge in [0.05, 0.1) is 19.0 Å². The number of nitrogens with zero attached hydrogens (tertiary/aromatic N) is 1. The Kier molecular flexibility index (Phi) is 4.08. The number of aliphatic imine (C=N–C) groups is 1. The minimum absolute atomic E-state index is 0.00671. The Labute approximate surface area is 97.4 Å². The summed E-state index contributed by atoms with van der Waals surface area (Å²) in [7, 11) is 2.26. The number of carbonyl (C=O) groups excluding carboxylic acids is 2. The maximum absolute atomic E-state index is 11.2. The van der Waals surface area contributed by atoms with Crippen LogP contribution in [-0.4, -0.2) is 37.9 Å². The van der Waals surface area contributed by atoms with E-state index in [0.717, 1.165) is 7.11 Å². The summed E-state index contributed by atoms with van der Waals surface area (Å²) in [6, 6.07) is -0.769.